The van der Waals surface area contributed by atoms with Crippen molar-refractivity contribution in [3.8, 4) is 0 Å². The number of carbonyl (C=O) groups excluding carboxylic acids is 1. The Morgan fingerprint density at radius 3 is 2.67 bits per heavy atom. The first-order valence-corrected chi connectivity index (χ1v) is 9.40. The number of nitrogens with zero attached hydrogens (tertiary/aromatic N) is 1. The standard InChI is InChI=1S/C22H17F2N3O3/c1-27(22(29)17-7-11-6-12(23)3-5-16(11)25-17)19-10-30-9-18-20(19)14-4-2-13(24)8-15(14)21(28)26-18/h2-8,19,25H,9-10H2,1H3,(H,26,28)/t19-/m0/s1. The molecule has 0 saturated carbocycles. The van der Waals surface area contributed by atoms with E-state index in [9.17, 15) is 18.4 Å². The van der Waals surface area contributed by atoms with Crippen molar-refractivity contribution in [1.82, 2.24) is 14.9 Å². The lowest BCUT2D eigenvalue weighted by Gasteiger charge is -2.33. The SMILES string of the molecule is CN(C(=O)c1cc2cc(F)ccc2[nH]1)[C@H]1COCc2[nH]c(=O)c3cc(F)ccc3c21. The van der Waals surface area contributed by atoms with Gasteiger partial charge >= 0.3 is 0 Å². The van der Waals surface area contributed by atoms with E-state index in [4.69, 9.17) is 4.74 Å². The number of carbonyl (C=O) groups is 1. The smallest absolute Gasteiger partial charge is 0.270 e. The van der Waals surface area contributed by atoms with Gasteiger partial charge in [0.05, 0.1) is 24.6 Å². The maximum Gasteiger partial charge on any atom is 0.270 e. The summed E-state index contributed by atoms with van der Waals surface area (Å²) < 4.78 is 32.8. The molecule has 2 N–H and O–H groups in total. The van der Waals surface area contributed by atoms with Gasteiger partial charge in [-0.05, 0) is 41.8 Å². The lowest BCUT2D eigenvalue weighted by atomic mass is 9.95. The Balaban J connectivity index is 1.59. The molecule has 1 amide bonds. The summed E-state index contributed by atoms with van der Waals surface area (Å²) in [5.74, 6) is -1.20. The molecule has 30 heavy (non-hydrogen) atoms. The number of likely N-dealkylation sites (N-methyl/N-ethyl adjacent to an activating group) is 1. The largest absolute Gasteiger partial charge is 0.373 e. The zero-order valence-corrected chi connectivity index (χ0v) is 16.0. The van der Waals surface area contributed by atoms with Gasteiger partial charge in [0.1, 0.15) is 17.3 Å². The number of hydrogen-bond acceptors (Lipinski definition) is 3. The molecular formula is C22H17F2N3O3. The number of H-pyrrole nitrogens is 2. The number of aromatic amines is 2. The van der Waals surface area contributed by atoms with E-state index < -0.39 is 17.4 Å². The van der Waals surface area contributed by atoms with Crippen LogP contribution in [0.4, 0.5) is 8.78 Å². The molecular weight excluding hydrogens is 392 g/mol. The molecule has 0 bridgehead atoms. The minimum atomic E-state index is -0.508. The van der Waals surface area contributed by atoms with E-state index in [1.54, 1.807) is 25.2 Å². The Morgan fingerprint density at radius 1 is 1.07 bits per heavy atom. The Bertz CT molecular complexity index is 1380. The first-order valence-electron chi connectivity index (χ1n) is 9.40. The zero-order valence-electron chi connectivity index (χ0n) is 16.0. The molecule has 0 aliphatic carbocycles. The lowest BCUT2D eigenvalue weighted by molar-refractivity contribution is 0.0333. The summed E-state index contributed by atoms with van der Waals surface area (Å²) in [6.45, 7) is 0.421. The normalized spacial score (nSPS) is 16.0. The quantitative estimate of drug-likeness (QED) is 0.531. The van der Waals surface area contributed by atoms with Crippen molar-refractivity contribution in [3.63, 3.8) is 0 Å². The third-order valence-corrected chi connectivity index (χ3v) is 5.56. The highest BCUT2D eigenvalue weighted by atomic mass is 19.1. The van der Waals surface area contributed by atoms with Crippen molar-refractivity contribution in [2.45, 2.75) is 12.6 Å². The zero-order chi connectivity index (χ0) is 21.0. The first-order chi connectivity index (χ1) is 14.4. The van der Waals surface area contributed by atoms with Gasteiger partial charge in [0.15, 0.2) is 0 Å². The second-order valence-corrected chi connectivity index (χ2v) is 7.40. The minimum absolute atomic E-state index is 0.197. The average molecular weight is 409 g/mol. The molecule has 2 aromatic heterocycles. The van der Waals surface area contributed by atoms with Crippen LogP contribution in [-0.2, 0) is 11.3 Å². The molecule has 0 spiro atoms. The molecule has 1 aliphatic rings. The average Bonchev–Trinajstić information content (AvgIpc) is 3.15. The topological polar surface area (TPSA) is 78.2 Å². The summed E-state index contributed by atoms with van der Waals surface area (Å²) in [5, 5.41) is 1.40. The number of hydrogen-bond donors (Lipinski definition) is 2. The fourth-order valence-corrected chi connectivity index (χ4v) is 4.08. The van der Waals surface area contributed by atoms with Crippen molar-refractivity contribution in [2.24, 2.45) is 0 Å². The van der Waals surface area contributed by atoms with Gasteiger partial charge in [-0.3, -0.25) is 9.59 Å². The summed E-state index contributed by atoms with van der Waals surface area (Å²) in [4.78, 5) is 32.8. The van der Waals surface area contributed by atoms with Crippen LogP contribution >= 0.6 is 0 Å². The summed E-state index contributed by atoms with van der Waals surface area (Å²) in [6.07, 6.45) is 0. The van der Waals surface area contributed by atoms with E-state index in [2.05, 4.69) is 9.97 Å². The van der Waals surface area contributed by atoms with Crippen molar-refractivity contribution >= 4 is 27.6 Å². The maximum atomic E-state index is 13.7. The van der Waals surface area contributed by atoms with Crippen LogP contribution in [0.15, 0.2) is 47.3 Å². The van der Waals surface area contributed by atoms with Crippen LogP contribution in [0, 0.1) is 11.6 Å². The van der Waals surface area contributed by atoms with Gasteiger partial charge < -0.3 is 19.6 Å². The van der Waals surface area contributed by atoms with Gasteiger partial charge in [-0.15, -0.1) is 0 Å². The Kier molecular flexibility index (Phi) is 4.18. The maximum absolute atomic E-state index is 13.7. The highest BCUT2D eigenvalue weighted by Crippen LogP contribution is 2.33. The molecule has 8 heteroatoms. The van der Waals surface area contributed by atoms with E-state index in [0.29, 0.717) is 27.7 Å². The monoisotopic (exact) mass is 409 g/mol. The van der Waals surface area contributed by atoms with Crippen LogP contribution in [0.5, 0.6) is 0 Å². The molecule has 3 heterocycles. The summed E-state index contributed by atoms with van der Waals surface area (Å²) >= 11 is 0. The third kappa shape index (κ3) is 2.88. The van der Waals surface area contributed by atoms with E-state index in [1.165, 1.54) is 29.2 Å². The number of halogens is 2. The molecule has 4 aromatic rings. The van der Waals surface area contributed by atoms with Crippen LogP contribution in [0.2, 0.25) is 0 Å². The number of nitrogens with one attached hydrogen (secondary N) is 2. The predicted molar refractivity (Wildman–Crippen MR) is 107 cm³/mol. The van der Waals surface area contributed by atoms with E-state index in [-0.39, 0.29) is 30.3 Å². The van der Waals surface area contributed by atoms with Crippen molar-refractivity contribution in [2.75, 3.05) is 13.7 Å². The summed E-state index contributed by atoms with van der Waals surface area (Å²) in [5.41, 5.74) is 1.85. The molecule has 5 rings (SSSR count). The van der Waals surface area contributed by atoms with Gasteiger partial charge in [0, 0.05) is 29.2 Å². The predicted octanol–water partition coefficient (Wildman–Crippen LogP) is 3.63. The van der Waals surface area contributed by atoms with Crippen molar-refractivity contribution in [1.29, 1.82) is 0 Å². The van der Waals surface area contributed by atoms with Crippen LogP contribution in [0.3, 0.4) is 0 Å². The number of amides is 1. The second-order valence-electron chi connectivity index (χ2n) is 7.40. The van der Waals surface area contributed by atoms with Crippen LogP contribution in [0.1, 0.15) is 27.8 Å². The Labute approximate surface area is 169 Å². The van der Waals surface area contributed by atoms with Crippen molar-refractivity contribution < 1.29 is 18.3 Å². The van der Waals surface area contributed by atoms with Gasteiger partial charge in [-0.2, -0.15) is 0 Å². The number of aromatic nitrogens is 2. The number of rotatable bonds is 2. The summed E-state index contributed by atoms with van der Waals surface area (Å²) in [7, 11) is 1.64. The summed E-state index contributed by atoms with van der Waals surface area (Å²) in [6, 6.07) is 9.40. The van der Waals surface area contributed by atoms with Crippen LogP contribution in [-0.4, -0.2) is 34.4 Å². The molecule has 0 radical (unpaired) electrons. The fourth-order valence-electron chi connectivity index (χ4n) is 4.08. The fraction of sp³-hybridized carbons (Fsp3) is 0.182. The van der Waals surface area contributed by atoms with Gasteiger partial charge in [0.2, 0.25) is 0 Å². The van der Waals surface area contributed by atoms with Crippen molar-refractivity contribution in [3.05, 3.63) is 81.4 Å². The molecule has 152 valence electrons. The Morgan fingerprint density at radius 2 is 1.83 bits per heavy atom. The Hall–Kier alpha value is -3.52. The number of ether oxygens (including phenoxy) is 1. The van der Waals surface area contributed by atoms with Crippen LogP contribution in [0.25, 0.3) is 21.7 Å². The highest BCUT2D eigenvalue weighted by Gasteiger charge is 2.31. The van der Waals surface area contributed by atoms with Gasteiger partial charge in [0.25, 0.3) is 11.5 Å². The number of fused-ring (bicyclic) bond motifs is 4. The van der Waals surface area contributed by atoms with E-state index >= 15 is 0 Å². The van der Waals surface area contributed by atoms with E-state index in [0.717, 1.165) is 5.56 Å². The lowest BCUT2D eigenvalue weighted by Crippen LogP contribution is -2.37. The minimum Gasteiger partial charge on any atom is -0.373 e. The first kappa shape index (κ1) is 18.5. The second kappa shape index (κ2) is 6.77. The molecule has 1 aliphatic heterocycles. The van der Waals surface area contributed by atoms with Crippen LogP contribution < -0.4 is 5.56 Å². The molecule has 1 atom stereocenters. The molecule has 2 aromatic carbocycles. The molecule has 0 unspecified atom stereocenters. The van der Waals surface area contributed by atoms with E-state index in [1.807, 2.05) is 0 Å². The third-order valence-electron chi connectivity index (χ3n) is 5.56. The molecule has 0 saturated heterocycles. The number of benzene rings is 2. The van der Waals surface area contributed by atoms with Gasteiger partial charge in [-0.25, -0.2) is 8.78 Å². The highest BCUT2D eigenvalue weighted by molar-refractivity contribution is 5.98. The van der Waals surface area contributed by atoms with Gasteiger partial charge in [-0.1, -0.05) is 6.07 Å². The molecule has 0 fully saturated rings. The molecule has 6 nitrogen and oxygen atoms in total. The number of pyridine rings is 1.